The molecule has 2 rings (SSSR count). The van der Waals surface area contributed by atoms with Crippen LogP contribution in [0.3, 0.4) is 0 Å². The average molecular weight is 314 g/mol. The van der Waals surface area contributed by atoms with Crippen LogP contribution in [0.1, 0.15) is 26.3 Å². The maximum atomic E-state index is 12.3. The fourth-order valence-corrected chi connectivity index (χ4v) is 1.96. The number of methoxy groups -OCH3 is 1. The van der Waals surface area contributed by atoms with Gasteiger partial charge in [0, 0.05) is 17.7 Å². The van der Waals surface area contributed by atoms with Crippen molar-refractivity contribution in [3.05, 3.63) is 69.3 Å². The van der Waals surface area contributed by atoms with Gasteiger partial charge in [-0.25, -0.2) is 4.79 Å². The number of carbonyl (C=O) groups is 2. The third-order valence-electron chi connectivity index (χ3n) is 3.23. The summed E-state index contributed by atoms with van der Waals surface area (Å²) in [5.74, 6) is -1.02. The fourth-order valence-electron chi connectivity index (χ4n) is 1.96. The number of hydrogen-bond donors (Lipinski definition) is 1. The van der Waals surface area contributed by atoms with E-state index in [1.54, 1.807) is 19.1 Å². The average Bonchev–Trinajstić information content (AvgIpc) is 2.55. The topological polar surface area (TPSA) is 98.5 Å². The summed E-state index contributed by atoms with van der Waals surface area (Å²) in [6.07, 6.45) is 0. The van der Waals surface area contributed by atoms with E-state index < -0.39 is 16.8 Å². The number of rotatable bonds is 4. The molecule has 0 heterocycles. The Morgan fingerprint density at radius 1 is 1.13 bits per heavy atom. The number of nitrogens with one attached hydrogen (secondary N) is 1. The first-order valence-electron chi connectivity index (χ1n) is 6.67. The predicted octanol–water partition coefficient (Wildman–Crippen LogP) is 2.94. The number of nitro groups is 1. The van der Waals surface area contributed by atoms with Crippen molar-refractivity contribution in [1.82, 2.24) is 0 Å². The van der Waals surface area contributed by atoms with Gasteiger partial charge in [0.1, 0.15) is 0 Å². The lowest BCUT2D eigenvalue weighted by Crippen LogP contribution is -2.14. The summed E-state index contributed by atoms with van der Waals surface area (Å²) >= 11 is 0. The molecule has 0 radical (unpaired) electrons. The Morgan fingerprint density at radius 2 is 1.83 bits per heavy atom. The normalized spacial score (nSPS) is 10.0. The van der Waals surface area contributed by atoms with Gasteiger partial charge in [-0.2, -0.15) is 0 Å². The van der Waals surface area contributed by atoms with Crippen LogP contribution in [-0.2, 0) is 4.74 Å². The van der Waals surface area contributed by atoms with E-state index in [2.05, 4.69) is 10.1 Å². The maximum Gasteiger partial charge on any atom is 0.337 e. The molecule has 23 heavy (non-hydrogen) atoms. The van der Waals surface area contributed by atoms with Crippen molar-refractivity contribution in [3.8, 4) is 0 Å². The van der Waals surface area contributed by atoms with Crippen molar-refractivity contribution in [2.24, 2.45) is 0 Å². The number of hydrogen-bond acceptors (Lipinski definition) is 5. The first-order chi connectivity index (χ1) is 10.9. The van der Waals surface area contributed by atoms with Crippen LogP contribution in [0, 0.1) is 17.0 Å². The maximum absolute atomic E-state index is 12.3. The van der Waals surface area contributed by atoms with Gasteiger partial charge in [0.25, 0.3) is 11.6 Å². The molecule has 0 saturated heterocycles. The molecule has 1 N–H and O–H groups in total. The molecular formula is C16H14N2O5. The molecule has 2 aromatic carbocycles. The number of ether oxygens (including phenoxy) is 1. The number of non-ortho nitro benzene ring substituents is 1. The number of benzene rings is 2. The zero-order valence-electron chi connectivity index (χ0n) is 12.5. The van der Waals surface area contributed by atoms with Gasteiger partial charge < -0.3 is 10.1 Å². The second-order valence-electron chi connectivity index (χ2n) is 4.78. The summed E-state index contributed by atoms with van der Waals surface area (Å²) in [7, 11) is 1.25. The lowest BCUT2D eigenvalue weighted by Gasteiger charge is -2.09. The van der Waals surface area contributed by atoms with Crippen LogP contribution in [0.15, 0.2) is 42.5 Å². The smallest absolute Gasteiger partial charge is 0.337 e. The lowest BCUT2D eigenvalue weighted by molar-refractivity contribution is -0.384. The molecule has 0 bridgehead atoms. The van der Waals surface area contributed by atoms with E-state index >= 15 is 0 Å². The Morgan fingerprint density at radius 3 is 2.48 bits per heavy atom. The zero-order valence-corrected chi connectivity index (χ0v) is 12.5. The largest absolute Gasteiger partial charge is 0.465 e. The number of nitro benzene ring substituents is 1. The Kier molecular flexibility index (Phi) is 4.70. The quantitative estimate of drug-likeness (QED) is 0.531. The molecule has 2 aromatic rings. The standard InChI is InChI=1S/C16H14N2O5/c1-10-6-7-13(18(21)22)9-14(10)17-15(19)11-4-3-5-12(8-11)16(20)23-2/h3-9H,1-2H3,(H,17,19). The van der Waals surface area contributed by atoms with Crippen LogP contribution >= 0.6 is 0 Å². The van der Waals surface area contributed by atoms with Crippen molar-refractivity contribution < 1.29 is 19.2 Å². The third kappa shape index (κ3) is 3.70. The van der Waals surface area contributed by atoms with Crippen LogP contribution in [0.2, 0.25) is 0 Å². The van der Waals surface area contributed by atoms with E-state index in [4.69, 9.17) is 0 Å². The molecule has 0 unspecified atom stereocenters. The van der Waals surface area contributed by atoms with Gasteiger partial charge in [-0.1, -0.05) is 12.1 Å². The highest BCUT2D eigenvalue weighted by Crippen LogP contribution is 2.22. The summed E-state index contributed by atoms with van der Waals surface area (Å²) < 4.78 is 4.60. The van der Waals surface area contributed by atoms with Crippen molar-refractivity contribution in [2.45, 2.75) is 6.92 Å². The molecular weight excluding hydrogens is 300 g/mol. The van der Waals surface area contributed by atoms with E-state index in [9.17, 15) is 19.7 Å². The van der Waals surface area contributed by atoms with Crippen LogP contribution in [-0.4, -0.2) is 23.9 Å². The monoisotopic (exact) mass is 314 g/mol. The molecule has 0 aromatic heterocycles. The summed E-state index contributed by atoms with van der Waals surface area (Å²) in [6.45, 7) is 1.73. The molecule has 0 fully saturated rings. The number of nitrogens with zero attached hydrogens (tertiary/aromatic N) is 1. The molecule has 7 nitrogen and oxygen atoms in total. The van der Waals surface area contributed by atoms with Gasteiger partial charge in [-0.15, -0.1) is 0 Å². The van der Waals surface area contributed by atoms with Crippen molar-refractivity contribution in [2.75, 3.05) is 12.4 Å². The molecule has 118 valence electrons. The molecule has 1 amide bonds. The lowest BCUT2D eigenvalue weighted by atomic mass is 10.1. The van der Waals surface area contributed by atoms with Crippen LogP contribution < -0.4 is 5.32 Å². The van der Waals surface area contributed by atoms with Crippen LogP contribution in [0.5, 0.6) is 0 Å². The molecule has 0 spiro atoms. The Balaban J connectivity index is 2.27. The molecule has 0 aliphatic rings. The van der Waals surface area contributed by atoms with Gasteiger partial charge in [0.2, 0.25) is 0 Å². The van der Waals surface area contributed by atoms with E-state index in [0.29, 0.717) is 11.3 Å². The Bertz CT molecular complexity index is 786. The minimum Gasteiger partial charge on any atom is -0.465 e. The van der Waals surface area contributed by atoms with Gasteiger partial charge >= 0.3 is 5.97 Å². The fraction of sp³-hybridized carbons (Fsp3) is 0.125. The number of amides is 1. The van der Waals surface area contributed by atoms with E-state index in [-0.39, 0.29) is 16.8 Å². The second-order valence-corrected chi connectivity index (χ2v) is 4.78. The molecule has 7 heteroatoms. The van der Waals surface area contributed by atoms with E-state index in [1.165, 1.54) is 37.4 Å². The first-order valence-corrected chi connectivity index (χ1v) is 6.67. The van der Waals surface area contributed by atoms with Crippen molar-refractivity contribution in [1.29, 1.82) is 0 Å². The summed E-state index contributed by atoms with van der Waals surface area (Å²) in [6, 6.07) is 10.2. The minimum absolute atomic E-state index is 0.116. The van der Waals surface area contributed by atoms with E-state index in [0.717, 1.165) is 0 Å². The predicted molar refractivity (Wildman–Crippen MR) is 83.6 cm³/mol. The van der Waals surface area contributed by atoms with Crippen molar-refractivity contribution in [3.63, 3.8) is 0 Å². The van der Waals surface area contributed by atoms with Gasteiger partial charge in [0.05, 0.1) is 23.3 Å². The minimum atomic E-state index is -0.550. The second kappa shape index (κ2) is 6.69. The van der Waals surface area contributed by atoms with Crippen LogP contribution in [0.25, 0.3) is 0 Å². The Labute approximate surface area is 132 Å². The van der Waals surface area contributed by atoms with Crippen molar-refractivity contribution >= 4 is 23.3 Å². The highest BCUT2D eigenvalue weighted by Gasteiger charge is 2.14. The molecule has 0 aliphatic carbocycles. The number of esters is 1. The highest BCUT2D eigenvalue weighted by atomic mass is 16.6. The van der Waals surface area contributed by atoms with Gasteiger partial charge in [-0.3, -0.25) is 14.9 Å². The molecule has 0 atom stereocenters. The SMILES string of the molecule is COC(=O)c1cccc(C(=O)Nc2cc([N+](=O)[O-])ccc2C)c1. The number of carbonyl (C=O) groups excluding carboxylic acids is 2. The van der Waals surface area contributed by atoms with Gasteiger partial charge in [0.15, 0.2) is 0 Å². The first kappa shape index (κ1) is 16.2. The highest BCUT2D eigenvalue weighted by molar-refractivity contribution is 6.06. The number of anilines is 1. The number of aryl methyl sites for hydroxylation is 1. The summed E-state index contributed by atoms with van der Waals surface area (Å²) in [5, 5.41) is 13.4. The van der Waals surface area contributed by atoms with Gasteiger partial charge in [-0.05, 0) is 30.7 Å². The Hall–Kier alpha value is -3.22. The third-order valence-corrected chi connectivity index (χ3v) is 3.23. The van der Waals surface area contributed by atoms with E-state index in [1.807, 2.05) is 0 Å². The zero-order chi connectivity index (χ0) is 17.0. The van der Waals surface area contributed by atoms with Crippen LogP contribution in [0.4, 0.5) is 11.4 Å². The summed E-state index contributed by atoms with van der Waals surface area (Å²) in [4.78, 5) is 34.0. The molecule has 0 aliphatic heterocycles. The summed E-state index contributed by atoms with van der Waals surface area (Å²) in [5.41, 5.74) is 1.41. The molecule has 0 saturated carbocycles.